The van der Waals surface area contributed by atoms with Gasteiger partial charge in [-0.3, -0.25) is 0 Å². The summed E-state index contributed by atoms with van der Waals surface area (Å²) in [7, 11) is 3.33. The van der Waals surface area contributed by atoms with Crippen molar-refractivity contribution in [1.82, 2.24) is 5.32 Å². The van der Waals surface area contributed by atoms with E-state index in [2.05, 4.69) is 10.6 Å². The Labute approximate surface area is 189 Å². The van der Waals surface area contributed by atoms with Crippen LogP contribution in [0.5, 0.6) is 17.2 Å². The maximum Gasteiger partial charge on any atom is 0.196 e. The molecule has 2 N–H and O–H groups in total. The standard InChI is InChI=1S/C24H33N3O5/c1-28-14-15-30-11-4-10-25-24(26-18-19-6-3-7-21(16-19)29-2)27-20-8-9-22-23(17-20)32-13-5-12-31-22/h3,6-9,16-17H,4-5,10-15,18H2,1-2H3,(H2,25,26,27). The smallest absolute Gasteiger partial charge is 0.196 e. The first-order valence-electron chi connectivity index (χ1n) is 10.9. The van der Waals surface area contributed by atoms with E-state index in [0.29, 0.717) is 45.5 Å². The Morgan fingerprint density at radius 2 is 1.88 bits per heavy atom. The highest BCUT2D eigenvalue weighted by Gasteiger charge is 2.11. The maximum absolute atomic E-state index is 5.80. The van der Waals surface area contributed by atoms with E-state index in [-0.39, 0.29) is 0 Å². The molecule has 3 rings (SSSR count). The summed E-state index contributed by atoms with van der Waals surface area (Å²) in [4.78, 5) is 4.75. The second-order valence-electron chi connectivity index (χ2n) is 7.24. The lowest BCUT2D eigenvalue weighted by molar-refractivity contribution is 0.0699. The van der Waals surface area contributed by atoms with E-state index in [1.807, 2.05) is 42.5 Å². The monoisotopic (exact) mass is 443 g/mol. The third kappa shape index (κ3) is 7.94. The molecule has 2 aromatic carbocycles. The molecule has 0 aromatic heterocycles. The van der Waals surface area contributed by atoms with Crippen molar-refractivity contribution in [2.45, 2.75) is 19.4 Å². The largest absolute Gasteiger partial charge is 0.497 e. The van der Waals surface area contributed by atoms with E-state index in [1.54, 1.807) is 14.2 Å². The average Bonchev–Trinajstić information content (AvgIpc) is 3.07. The molecule has 0 atom stereocenters. The summed E-state index contributed by atoms with van der Waals surface area (Å²) in [6.07, 6.45) is 1.73. The number of hydrogen-bond donors (Lipinski definition) is 2. The molecule has 2 aromatic rings. The summed E-state index contributed by atoms with van der Waals surface area (Å²) in [5, 5.41) is 6.75. The molecule has 0 fully saturated rings. The van der Waals surface area contributed by atoms with Crippen LogP contribution in [-0.2, 0) is 16.0 Å². The fraction of sp³-hybridized carbons (Fsp3) is 0.458. The van der Waals surface area contributed by atoms with Crippen molar-refractivity contribution in [2.75, 3.05) is 59.1 Å². The average molecular weight is 444 g/mol. The Kier molecular flexibility index (Phi) is 9.95. The summed E-state index contributed by atoms with van der Waals surface area (Å²) in [6.45, 7) is 4.41. The minimum absolute atomic E-state index is 0.515. The van der Waals surface area contributed by atoms with Gasteiger partial charge in [-0.2, -0.15) is 0 Å². The summed E-state index contributed by atoms with van der Waals surface area (Å²) < 4.78 is 27.4. The van der Waals surface area contributed by atoms with Crippen LogP contribution in [0.4, 0.5) is 5.69 Å². The quantitative estimate of drug-likeness (QED) is 0.313. The molecule has 0 amide bonds. The van der Waals surface area contributed by atoms with Crippen LogP contribution >= 0.6 is 0 Å². The number of hydrogen-bond acceptors (Lipinski definition) is 6. The summed E-state index contributed by atoms with van der Waals surface area (Å²) in [5.41, 5.74) is 1.94. The van der Waals surface area contributed by atoms with Crippen LogP contribution in [0, 0.1) is 0 Å². The number of anilines is 1. The number of rotatable bonds is 11. The highest BCUT2D eigenvalue weighted by atomic mass is 16.5. The first-order valence-corrected chi connectivity index (χ1v) is 10.9. The molecule has 32 heavy (non-hydrogen) atoms. The second kappa shape index (κ2) is 13.4. The SMILES string of the molecule is COCCOCCCNC(=NCc1cccc(OC)c1)Nc1ccc2c(c1)OCCCO2. The molecule has 174 valence electrons. The van der Waals surface area contributed by atoms with Crippen LogP contribution in [0.15, 0.2) is 47.5 Å². The van der Waals surface area contributed by atoms with Crippen LogP contribution < -0.4 is 24.8 Å². The molecule has 0 unspecified atom stereocenters. The lowest BCUT2D eigenvalue weighted by Crippen LogP contribution is -2.32. The molecule has 8 nitrogen and oxygen atoms in total. The van der Waals surface area contributed by atoms with Gasteiger partial charge < -0.3 is 34.3 Å². The van der Waals surface area contributed by atoms with Crippen LogP contribution in [0.25, 0.3) is 0 Å². The molecule has 1 aliphatic rings. The highest BCUT2D eigenvalue weighted by Crippen LogP contribution is 2.32. The molecule has 1 heterocycles. The molecule has 1 aliphatic heterocycles. The van der Waals surface area contributed by atoms with E-state index in [9.17, 15) is 0 Å². The van der Waals surface area contributed by atoms with Crippen molar-refractivity contribution in [2.24, 2.45) is 4.99 Å². The van der Waals surface area contributed by atoms with Gasteiger partial charge in [-0.25, -0.2) is 4.99 Å². The number of methoxy groups -OCH3 is 2. The summed E-state index contributed by atoms with van der Waals surface area (Å²) >= 11 is 0. The normalized spacial score (nSPS) is 13.4. The lowest BCUT2D eigenvalue weighted by atomic mass is 10.2. The van der Waals surface area contributed by atoms with Crippen LogP contribution in [0.3, 0.4) is 0 Å². The van der Waals surface area contributed by atoms with Crippen LogP contribution in [0.1, 0.15) is 18.4 Å². The van der Waals surface area contributed by atoms with Gasteiger partial charge in [-0.05, 0) is 36.2 Å². The maximum atomic E-state index is 5.80. The molecule has 0 aliphatic carbocycles. The minimum atomic E-state index is 0.515. The Morgan fingerprint density at radius 3 is 2.72 bits per heavy atom. The van der Waals surface area contributed by atoms with Gasteiger partial charge in [0, 0.05) is 38.4 Å². The number of aliphatic imine (C=N–C) groups is 1. The Balaban J connectivity index is 1.63. The van der Waals surface area contributed by atoms with Crippen molar-refractivity contribution in [1.29, 1.82) is 0 Å². The van der Waals surface area contributed by atoms with Gasteiger partial charge in [0.1, 0.15) is 5.75 Å². The fourth-order valence-corrected chi connectivity index (χ4v) is 3.08. The highest BCUT2D eigenvalue weighted by molar-refractivity contribution is 5.93. The second-order valence-corrected chi connectivity index (χ2v) is 7.24. The number of nitrogens with one attached hydrogen (secondary N) is 2. The first kappa shape index (κ1) is 23.7. The number of fused-ring (bicyclic) bond motifs is 1. The van der Waals surface area contributed by atoms with Crippen molar-refractivity contribution >= 4 is 11.6 Å². The summed E-state index contributed by atoms with van der Waals surface area (Å²) in [5.74, 6) is 3.01. The Bertz CT molecular complexity index is 859. The lowest BCUT2D eigenvalue weighted by Gasteiger charge is -2.15. The molecular formula is C24H33N3O5. The Hall–Kier alpha value is -2.97. The predicted molar refractivity (Wildman–Crippen MR) is 125 cm³/mol. The van der Waals surface area contributed by atoms with E-state index < -0.39 is 0 Å². The van der Waals surface area contributed by atoms with Gasteiger partial charge in [0.25, 0.3) is 0 Å². The van der Waals surface area contributed by atoms with Gasteiger partial charge in [0.05, 0.1) is 40.1 Å². The van der Waals surface area contributed by atoms with Gasteiger partial charge >= 0.3 is 0 Å². The zero-order valence-electron chi connectivity index (χ0n) is 18.9. The van der Waals surface area contributed by atoms with E-state index in [4.69, 9.17) is 28.7 Å². The summed E-state index contributed by atoms with van der Waals surface area (Å²) in [6, 6.07) is 13.7. The zero-order valence-corrected chi connectivity index (χ0v) is 18.9. The van der Waals surface area contributed by atoms with Gasteiger partial charge in [-0.15, -0.1) is 0 Å². The van der Waals surface area contributed by atoms with Crippen molar-refractivity contribution < 1.29 is 23.7 Å². The fourth-order valence-electron chi connectivity index (χ4n) is 3.08. The van der Waals surface area contributed by atoms with Gasteiger partial charge in [0.15, 0.2) is 17.5 Å². The van der Waals surface area contributed by atoms with Crippen molar-refractivity contribution in [3.8, 4) is 17.2 Å². The van der Waals surface area contributed by atoms with Crippen LogP contribution in [0.2, 0.25) is 0 Å². The number of nitrogens with zero attached hydrogens (tertiary/aromatic N) is 1. The van der Waals surface area contributed by atoms with E-state index >= 15 is 0 Å². The molecule has 0 saturated heterocycles. The molecule has 0 saturated carbocycles. The third-order valence-electron chi connectivity index (χ3n) is 4.75. The van der Waals surface area contributed by atoms with Crippen molar-refractivity contribution in [3.05, 3.63) is 48.0 Å². The number of guanidine groups is 1. The number of benzene rings is 2. The molecule has 0 bridgehead atoms. The van der Waals surface area contributed by atoms with Crippen molar-refractivity contribution in [3.63, 3.8) is 0 Å². The van der Waals surface area contributed by atoms with E-state index in [0.717, 1.165) is 47.9 Å². The topological polar surface area (TPSA) is 82.6 Å². The number of ether oxygens (including phenoxy) is 5. The molecule has 8 heteroatoms. The predicted octanol–water partition coefficient (Wildman–Crippen LogP) is 3.47. The van der Waals surface area contributed by atoms with Crippen LogP contribution in [-0.4, -0.2) is 59.8 Å². The molecule has 0 spiro atoms. The minimum Gasteiger partial charge on any atom is -0.497 e. The molecule has 0 radical (unpaired) electrons. The first-order chi connectivity index (χ1) is 15.8. The zero-order chi connectivity index (χ0) is 22.4. The third-order valence-corrected chi connectivity index (χ3v) is 4.75. The molecular weight excluding hydrogens is 410 g/mol. The van der Waals surface area contributed by atoms with Gasteiger partial charge in [0.2, 0.25) is 0 Å². The van der Waals surface area contributed by atoms with E-state index in [1.165, 1.54) is 0 Å². The Morgan fingerprint density at radius 1 is 1.00 bits per heavy atom. The van der Waals surface area contributed by atoms with Gasteiger partial charge in [-0.1, -0.05) is 12.1 Å².